The third-order valence-corrected chi connectivity index (χ3v) is 8.42. The quantitative estimate of drug-likeness (QED) is 0.568. The highest BCUT2D eigenvalue weighted by molar-refractivity contribution is 7.89. The standard InChI is InChI=1S/C22H24N6O3S/c1-14-10-13-27(14)32(30,31)17-6-4-16(5-7-17)25-21-20-19(9-12-24-22(20)29)28(26-21)18(8-11-23)15-2-3-15/h4-7,9,12,14-15,18H,2-3,8,10,13H2,1H3,(H,24,29)(H,25,26). The molecule has 32 heavy (non-hydrogen) atoms. The summed E-state index contributed by atoms with van der Waals surface area (Å²) in [6.07, 6.45) is 4.88. The summed E-state index contributed by atoms with van der Waals surface area (Å²) in [5.41, 5.74) is 1.03. The molecule has 1 aromatic carbocycles. The van der Waals surface area contributed by atoms with Gasteiger partial charge in [-0.25, -0.2) is 8.42 Å². The zero-order valence-corrected chi connectivity index (χ0v) is 18.5. The molecule has 166 valence electrons. The maximum atomic E-state index is 12.7. The summed E-state index contributed by atoms with van der Waals surface area (Å²) < 4.78 is 28.8. The topological polar surface area (TPSA) is 124 Å². The Balaban J connectivity index is 1.48. The van der Waals surface area contributed by atoms with Crippen molar-refractivity contribution in [3.8, 4) is 6.07 Å². The molecule has 0 bridgehead atoms. The van der Waals surface area contributed by atoms with Crippen molar-refractivity contribution >= 4 is 32.4 Å². The van der Waals surface area contributed by atoms with Gasteiger partial charge in [-0.2, -0.15) is 14.7 Å². The second kappa shape index (κ2) is 7.76. The summed E-state index contributed by atoms with van der Waals surface area (Å²) in [5.74, 6) is 0.774. The molecule has 2 N–H and O–H groups in total. The fraction of sp³-hybridized carbons (Fsp3) is 0.409. The van der Waals surface area contributed by atoms with Gasteiger partial charge in [0.25, 0.3) is 5.56 Å². The normalized spacial score (nSPS) is 19.9. The van der Waals surface area contributed by atoms with Crippen LogP contribution >= 0.6 is 0 Å². The van der Waals surface area contributed by atoms with Crippen LogP contribution in [0.5, 0.6) is 0 Å². The second-order valence-electron chi connectivity index (χ2n) is 8.53. The number of nitrogens with zero attached hydrogens (tertiary/aromatic N) is 4. The lowest BCUT2D eigenvalue weighted by Gasteiger charge is -2.37. The minimum atomic E-state index is -3.50. The fourth-order valence-electron chi connectivity index (χ4n) is 4.30. The van der Waals surface area contributed by atoms with Crippen LogP contribution in [0.25, 0.3) is 10.9 Å². The number of aromatic amines is 1. The maximum absolute atomic E-state index is 12.7. The van der Waals surface area contributed by atoms with Crippen LogP contribution in [0.2, 0.25) is 0 Å². The van der Waals surface area contributed by atoms with E-state index in [0.29, 0.717) is 41.3 Å². The molecule has 2 unspecified atom stereocenters. The Kier molecular flexibility index (Phi) is 5.03. The molecule has 3 aromatic rings. The van der Waals surface area contributed by atoms with Crippen molar-refractivity contribution in [2.45, 2.75) is 49.6 Å². The summed E-state index contributed by atoms with van der Waals surface area (Å²) in [5, 5.41) is 17.5. The van der Waals surface area contributed by atoms with E-state index in [1.807, 2.05) is 6.92 Å². The lowest BCUT2D eigenvalue weighted by atomic mass is 10.1. The molecule has 1 saturated carbocycles. The number of rotatable bonds is 7. The van der Waals surface area contributed by atoms with Gasteiger partial charge in [0.1, 0.15) is 5.39 Å². The summed E-state index contributed by atoms with van der Waals surface area (Å²) in [6.45, 7) is 2.44. The van der Waals surface area contributed by atoms with Crippen LogP contribution in [0.3, 0.4) is 0 Å². The van der Waals surface area contributed by atoms with Gasteiger partial charge in [-0.1, -0.05) is 0 Å². The van der Waals surface area contributed by atoms with E-state index < -0.39 is 10.0 Å². The summed E-state index contributed by atoms with van der Waals surface area (Å²) in [7, 11) is -3.50. The highest BCUT2D eigenvalue weighted by Gasteiger charge is 2.36. The van der Waals surface area contributed by atoms with Gasteiger partial charge in [0.15, 0.2) is 5.82 Å². The number of H-pyrrole nitrogens is 1. The van der Waals surface area contributed by atoms with Gasteiger partial charge in [-0.05, 0) is 62.4 Å². The van der Waals surface area contributed by atoms with Crippen LogP contribution in [0.1, 0.15) is 38.6 Å². The smallest absolute Gasteiger partial charge is 0.261 e. The third-order valence-electron chi connectivity index (χ3n) is 6.39. The van der Waals surface area contributed by atoms with Crippen molar-refractivity contribution in [3.05, 3.63) is 46.9 Å². The minimum Gasteiger partial charge on any atom is -0.338 e. The second-order valence-corrected chi connectivity index (χ2v) is 10.4. The van der Waals surface area contributed by atoms with Crippen LogP contribution in [0.4, 0.5) is 11.5 Å². The minimum absolute atomic E-state index is 0.0210. The SMILES string of the molecule is CC1CCN1S(=O)(=O)c1ccc(Nc2nn(C(CC#N)C3CC3)c3cc[nH]c(=O)c23)cc1. The molecule has 5 rings (SSSR count). The van der Waals surface area contributed by atoms with Crippen LogP contribution in [0.15, 0.2) is 46.2 Å². The van der Waals surface area contributed by atoms with Crippen molar-refractivity contribution in [2.75, 3.05) is 11.9 Å². The van der Waals surface area contributed by atoms with Gasteiger partial charge in [0.05, 0.1) is 28.9 Å². The van der Waals surface area contributed by atoms with Gasteiger partial charge in [-0.3, -0.25) is 9.48 Å². The lowest BCUT2D eigenvalue weighted by Crippen LogP contribution is -2.49. The summed E-state index contributed by atoms with van der Waals surface area (Å²) in [4.78, 5) is 15.5. The highest BCUT2D eigenvalue weighted by Crippen LogP contribution is 2.43. The number of pyridine rings is 1. The van der Waals surface area contributed by atoms with E-state index in [1.54, 1.807) is 41.2 Å². The molecule has 9 nitrogen and oxygen atoms in total. The summed E-state index contributed by atoms with van der Waals surface area (Å²) >= 11 is 0. The Morgan fingerprint density at radius 2 is 2.00 bits per heavy atom. The Morgan fingerprint density at radius 3 is 2.59 bits per heavy atom. The van der Waals surface area contributed by atoms with Crippen LogP contribution in [-0.4, -0.2) is 40.1 Å². The van der Waals surface area contributed by atoms with Crippen LogP contribution in [-0.2, 0) is 10.0 Å². The van der Waals surface area contributed by atoms with Crippen molar-refractivity contribution in [2.24, 2.45) is 5.92 Å². The Labute approximate surface area is 185 Å². The first-order chi connectivity index (χ1) is 15.4. The van der Waals surface area contributed by atoms with Crippen LogP contribution < -0.4 is 10.9 Å². The largest absolute Gasteiger partial charge is 0.338 e. The van der Waals surface area contributed by atoms with Gasteiger partial charge in [-0.15, -0.1) is 0 Å². The number of nitrogens with one attached hydrogen (secondary N) is 2. The first-order valence-corrected chi connectivity index (χ1v) is 12.2. The monoisotopic (exact) mass is 452 g/mol. The molecule has 1 aliphatic carbocycles. The van der Waals surface area contributed by atoms with Crippen LogP contribution in [0, 0.1) is 17.2 Å². The van der Waals surface area contributed by atoms with Gasteiger partial charge >= 0.3 is 0 Å². The molecule has 2 aromatic heterocycles. The van der Waals surface area contributed by atoms with Crippen molar-refractivity contribution in [1.82, 2.24) is 19.1 Å². The van der Waals surface area contributed by atoms with Gasteiger partial charge < -0.3 is 10.3 Å². The molecule has 0 amide bonds. The van der Waals surface area contributed by atoms with E-state index >= 15 is 0 Å². The molecular formula is C22H24N6O3S. The average molecular weight is 453 g/mol. The van der Waals surface area contributed by atoms with Crippen molar-refractivity contribution < 1.29 is 8.42 Å². The molecule has 0 spiro atoms. The Bertz CT molecular complexity index is 1370. The predicted octanol–water partition coefficient (Wildman–Crippen LogP) is 3.12. The van der Waals surface area contributed by atoms with Gasteiger partial charge in [0.2, 0.25) is 10.0 Å². The molecule has 10 heteroatoms. The first-order valence-electron chi connectivity index (χ1n) is 10.8. The molecule has 2 fully saturated rings. The van der Waals surface area contributed by atoms with E-state index in [9.17, 15) is 18.5 Å². The number of fused-ring (bicyclic) bond motifs is 1. The number of sulfonamides is 1. The lowest BCUT2D eigenvalue weighted by molar-refractivity contribution is 0.217. The number of anilines is 2. The van der Waals surface area contributed by atoms with E-state index in [2.05, 4.69) is 21.5 Å². The predicted molar refractivity (Wildman–Crippen MR) is 120 cm³/mol. The first kappa shape index (κ1) is 20.7. The molecular weight excluding hydrogens is 428 g/mol. The molecule has 0 radical (unpaired) electrons. The van der Waals surface area contributed by atoms with E-state index in [-0.39, 0.29) is 22.5 Å². The maximum Gasteiger partial charge on any atom is 0.261 e. The van der Waals surface area contributed by atoms with E-state index in [4.69, 9.17) is 0 Å². The van der Waals surface area contributed by atoms with E-state index in [0.717, 1.165) is 19.3 Å². The highest BCUT2D eigenvalue weighted by atomic mass is 32.2. The zero-order chi connectivity index (χ0) is 22.5. The average Bonchev–Trinajstić information content (AvgIpc) is 3.53. The van der Waals surface area contributed by atoms with Crippen molar-refractivity contribution in [1.29, 1.82) is 5.26 Å². The zero-order valence-electron chi connectivity index (χ0n) is 17.7. The fourth-order valence-corrected chi connectivity index (χ4v) is 5.98. The number of aromatic nitrogens is 3. The Hall–Kier alpha value is -3.16. The number of nitriles is 1. The Morgan fingerprint density at radius 1 is 1.25 bits per heavy atom. The molecule has 1 aliphatic heterocycles. The molecule has 3 heterocycles. The molecule has 2 atom stereocenters. The van der Waals surface area contributed by atoms with Gasteiger partial charge in [0, 0.05) is 24.5 Å². The van der Waals surface area contributed by atoms with Crippen molar-refractivity contribution in [3.63, 3.8) is 0 Å². The summed E-state index contributed by atoms with van der Waals surface area (Å²) in [6, 6.07) is 10.5. The molecule has 1 saturated heterocycles. The molecule has 2 aliphatic rings. The third kappa shape index (κ3) is 3.47. The van der Waals surface area contributed by atoms with E-state index in [1.165, 1.54) is 4.31 Å². The number of hydrogen-bond acceptors (Lipinski definition) is 6. The number of benzene rings is 1. The number of hydrogen-bond donors (Lipinski definition) is 2.